The van der Waals surface area contributed by atoms with Gasteiger partial charge >= 0.3 is 5.97 Å². The molecule has 0 atom stereocenters. The third-order valence-corrected chi connectivity index (χ3v) is 3.56. The second-order valence-electron chi connectivity index (χ2n) is 5.21. The van der Waals surface area contributed by atoms with Crippen molar-refractivity contribution in [1.82, 2.24) is 4.90 Å². The Hall–Kier alpha value is -2.56. The minimum atomic E-state index is -0.328. The Bertz CT molecular complexity index is 607. The summed E-state index contributed by atoms with van der Waals surface area (Å²) in [5.41, 5.74) is 1.12. The first-order chi connectivity index (χ1) is 11.2. The Morgan fingerprint density at radius 1 is 1.09 bits per heavy atom. The SMILES string of the molecule is COC(=O)CCN(Cc1ccco1)C(=O)CCc1ccccc1. The fourth-order valence-corrected chi connectivity index (χ4v) is 2.26. The van der Waals surface area contributed by atoms with E-state index in [4.69, 9.17) is 4.42 Å². The van der Waals surface area contributed by atoms with Crippen LogP contribution in [-0.2, 0) is 27.3 Å². The lowest BCUT2D eigenvalue weighted by atomic mass is 10.1. The molecule has 23 heavy (non-hydrogen) atoms. The van der Waals surface area contributed by atoms with E-state index in [1.807, 2.05) is 36.4 Å². The van der Waals surface area contributed by atoms with E-state index in [-0.39, 0.29) is 18.3 Å². The Morgan fingerprint density at radius 2 is 1.87 bits per heavy atom. The Morgan fingerprint density at radius 3 is 2.52 bits per heavy atom. The summed E-state index contributed by atoms with van der Waals surface area (Å²) in [7, 11) is 1.34. The molecule has 1 heterocycles. The van der Waals surface area contributed by atoms with Gasteiger partial charge in [-0.15, -0.1) is 0 Å². The molecular weight excluding hydrogens is 294 g/mol. The van der Waals surface area contributed by atoms with Crippen molar-refractivity contribution in [1.29, 1.82) is 0 Å². The van der Waals surface area contributed by atoms with Crippen LogP contribution in [0.5, 0.6) is 0 Å². The van der Waals surface area contributed by atoms with Crippen molar-refractivity contribution in [2.24, 2.45) is 0 Å². The molecule has 0 aliphatic carbocycles. The van der Waals surface area contributed by atoms with Crippen LogP contribution in [0.25, 0.3) is 0 Å². The zero-order valence-corrected chi connectivity index (χ0v) is 13.2. The molecule has 5 nitrogen and oxygen atoms in total. The number of carbonyl (C=O) groups is 2. The second kappa shape index (κ2) is 8.78. The number of methoxy groups -OCH3 is 1. The van der Waals surface area contributed by atoms with Crippen LogP contribution in [-0.4, -0.2) is 30.4 Å². The van der Waals surface area contributed by atoms with Crippen LogP contribution in [0.4, 0.5) is 0 Å². The Kier molecular flexibility index (Phi) is 6.41. The lowest BCUT2D eigenvalue weighted by Gasteiger charge is -2.21. The van der Waals surface area contributed by atoms with Gasteiger partial charge in [-0.25, -0.2) is 0 Å². The number of amides is 1. The average Bonchev–Trinajstić information content (AvgIpc) is 3.10. The van der Waals surface area contributed by atoms with Crippen LogP contribution >= 0.6 is 0 Å². The van der Waals surface area contributed by atoms with Gasteiger partial charge in [-0.2, -0.15) is 0 Å². The number of hydrogen-bond donors (Lipinski definition) is 0. The van der Waals surface area contributed by atoms with Gasteiger partial charge in [0.25, 0.3) is 0 Å². The number of rotatable bonds is 8. The normalized spacial score (nSPS) is 10.3. The molecule has 0 saturated heterocycles. The molecule has 1 aromatic heterocycles. The van der Waals surface area contributed by atoms with E-state index < -0.39 is 0 Å². The van der Waals surface area contributed by atoms with E-state index in [0.29, 0.717) is 31.7 Å². The number of benzene rings is 1. The molecule has 0 fully saturated rings. The summed E-state index contributed by atoms with van der Waals surface area (Å²) in [5.74, 6) is 0.363. The molecule has 1 amide bonds. The second-order valence-corrected chi connectivity index (χ2v) is 5.21. The molecule has 1 aromatic carbocycles. The van der Waals surface area contributed by atoms with Crippen LogP contribution in [0.1, 0.15) is 24.2 Å². The van der Waals surface area contributed by atoms with E-state index in [0.717, 1.165) is 5.56 Å². The minimum Gasteiger partial charge on any atom is -0.469 e. The zero-order chi connectivity index (χ0) is 16.5. The fourth-order valence-electron chi connectivity index (χ4n) is 2.26. The lowest BCUT2D eigenvalue weighted by Crippen LogP contribution is -2.32. The molecule has 2 rings (SSSR count). The predicted molar refractivity (Wildman–Crippen MR) is 85.5 cm³/mol. The van der Waals surface area contributed by atoms with E-state index >= 15 is 0 Å². The first kappa shape index (κ1) is 16.8. The van der Waals surface area contributed by atoms with Gasteiger partial charge < -0.3 is 14.1 Å². The third kappa shape index (κ3) is 5.62. The zero-order valence-electron chi connectivity index (χ0n) is 13.2. The minimum absolute atomic E-state index is 0.00541. The van der Waals surface area contributed by atoms with Crippen LogP contribution < -0.4 is 0 Å². The van der Waals surface area contributed by atoms with E-state index in [1.54, 1.807) is 17.2 Å². The van der Waals surface area contributed by atoms with Crippen molar-refractivity contribution in [3.05, 3.63) is 60.1 Å². The Labute approximate surface area is 135 Å². The largest absolute Gasteiger partial charge is 0.469 e. The summed E-state index contributed by atoms with van der Waals surface area (Å²) in [6.45, 7) is 0.679. The number of ether oxygens (including phenoxy) is 1. The van der Waals surface area contributed by atoms with Crippen molar-refractivity contribution in [2.75, 3.05) is 13.7 Å². The number of furan rings is 1. The highest BCUT2D eigenvalue weighted by Gasteiger charge is 2.16. The summed E-state index contributed by atoms with van der Waals surface area (Å²) in [6.07, 6.45) is 2.81. The summed E-state index contributed by atoms with van der Waals surface area (Å²) in [6, 6.07) is 13.5. The van der Waals surface area contributed by atoms with Crippen LogP contribution in [0.15, 0.2) is 53.1 Å². The van der Waals surface area contributed by atoms with Crippen molar-refractivity contribution in [3.63, 3.8) is 0 Å². The van der Waals surface area contributed by atoms with Gasteiger partial charge in [0.2, 0.25) is 5.91 Å². The molecule has 0 radical (unpaired) electrons. The maximum Gasteiger partial charge on any atom is 0.307 e. The fraction of sp³-hybridized carbons (Fsp3) is 0.333. The van der Waals surface area contributed by atoms with Crippen molar-refractivity contribution < 1.29 is 18.7 Å². The molecule has 0 N–H and O–H groups in total. The maximum absolute atomic E-state index is 12.5. The molecule has 0 aliphatic heterocycles. The molecule has 5 heteroatoms. The van der Waals surface area contributed by atoms with Crippen molar-refractivity contribution in [2.45, 2.75) is 25.8 Å². The molecule has 0 aliphatic rings. The highest BCUT2D eigenvalue weighted by molar-refractivity contribution is 5.77. The third-order valence-electron chi connectivity index (χ3n) is 3.56. The van der Waals surface area contributed by atoms with Gasteiger partial charge in [0.1, 0.15) is 5.76 Å². The summed E-state index contributed by atoms with van der Waals surface area (Å²) in [5, 5.41) is 0. The first-order valence-corrected chi connectivity index (χ1v) is 7.60. The smallest absolute Gasteiger partial charge is 0.307 e. The molecule has 0 unspecified atom stereocenters. The molecular formula is C18H21NO4. The molecule has 0 bridgehead atoms. The van der Waals surface area contributed by atoms with Crippen molar-refractivity contribution >= 4 is 11.9 Å². The molecule has 2 aromatic rings. The molecule has 0 spiro atoms. The monoisotopic (exact) mass is 315 g/mol. The highest BCUT2D eigenvalue weighted by atomic mass is 16.5. The van der Waals surface area contributed by atoms with Gasteiger partial charge in [-0.1, -0.05) is 30.3 Å². The number of carbonyl (C=O) groups excluding carboxylic acids is 2. The van der Waals surface area contributed by atoms with Crippen LogP contribution in [0, 0.1) is 0 Å². The average molecular weight is 315 g/mol. The summed E-state index contributed by atoms with van der Waals surface area (Å²) < 4.78 is 9.94. The topological polar surface area (TPSA) is 59.8 Å². The quantitative estimate of drug-likeness (QED) is 0.703. The number of hydrogen-bond acceptors (Lipinski definition) is 4. The van der Waals surface area contributed by atoms with E-state index in [9.17, 15) is 9.59 Å². The van der Waals surface area contributed by atoms with Gasteiger partial charge in [-0.05, 0) is 24.1 Å². The van der Waals surface area contributed by atoms with Gasteiger partial charge in [-0.3, -0.25) is 9.59 Å². The summed E-state index contributed by atoms with van der Waals surface area (Å²) in [4.78, 5) is 25.5. The van der Waals surface area contributed by atoms with E-state index in [2.05, 4.69) is 4.74 Å². The Balaban J connectivity index is 1.93. The summed E-state index contributed by atoms with van der Waals surface area (Å²) >= 11 is 0. The molecule has 122 valence electrons. The number of nitrogens with zero attached hydrogens (tertiary/aromatic N) is 1. The van der Waals surface area contributed by atoms with Gasteiger partial charge in [0.05, 0.1) is 26.3 Å². The lowest BCUT2D eigenvalue weighted by molar-refractivity contribution is -0.142. The van der Waals surface area contributed by atoms with Crippen LogP contribution in [0.3, 0.4) is 0 Å². The first-order valence-electron chi connectivity index (χ1n) is 7.60. The maximum atomic E-state index is 12.5. The number of aryl methyl sites for hydroxylation is 1. The van der Waals surface area contributed by atoms with Gasteiger partial charge in [0, 0.05) is 13.0 Å². The molecule has 0 saturated carbocycles. The predicted octanol–water partition coefficient (Wildman–Crippen LogP) is 2.80. The standard InChI is InChI=1S/C18H21NO4/c1-22-18(21)11-12-19(14-16-8-5-13-23-16)17(20)10-9-15-6-3-2-4-7-15/h2-8,13H,9-12,14H2,1H3. The highest BCUT2D eigenvalue weighted by Crippen LogP contribution is 2.10. The van der Waals surface area contributed by atoms with Crippen molar-refractivity contribution in [3.8, 4) is 0 Å². The number of esters is 1. The van der Waals surface area contributed by atoms with Crippen LogP contribution in [0.2, 0.25) is 0 Å². The van der Waals surface area contributed by atoms with Gasteiger partial charge in [0.15, 0.2) is 0 Å². The van der Waals surface area contributed by atoms with E-state index in [1.165, 1.54) is 7.11 Å².